The zero-order valence-corrected chi connectivity index (χ0v) is 16.7. The van der Waals surface area contributed by atoms with Crippen LogP contribution in [-0.4, -0.2) is 44.8 Å². The van der Waals surface area contributed by atoms with Gasteiger partial charge in [0.1, 0.15) is 5.75 Å². The number of benzene rings is 2. The lowest BCUT2D eigenvalue weighted by atomic mass is 10.1. The van der Waals surface area contributed by atoms with Crippen molar-refractivity contribution >= 4 is 11.6 Å². The van der Waals surface area contributed by atoms with Crippen molar-refractivity contribution in [2.24, 2.45) is 4.99 Å². The van der Waals surface area contributed by atoms with Gasteiger partial charge in [0.25, 0.3) is 0 Å². The Balaban J connectivity index is 1.31. The summed E-state index contributed by atoms with van der Waals surface area (Å²) in [5.41, 5.74) is 3.97. The Morgan fingerprint density at radius 3 is 2.96 bits per heavy atom. The molecular weight excluding hydrogens is 348 g/mol. The van der Waals surface area contributed by atoms with E-state index in [2.05, 4.69) is 71.0 Å². The van der Waals surface area contributed by atoms with Crippen LogP contribution in [0.2, 0.25) is 0 Å². The lowest BCUT2D eigenvalue weighted by Gasteiger charge is -2.20. The second-order valence-electron chi connectivity index (χ2n) is 7.46. The van der Waals surface area contributed by atoms with Gasteiger partial charge in [0.2, 0.25) is 0 Å². The maximum atomic E-state index is 5.59. The molecule has 4 rings (SSSR count). The van der Waals surface area contributed by atoms with E-state index in [1.165, 1.54) is 16.8 Å². The van der Waals surface area contributed by atoms with Crippen LogP contribution in [0, 0.1) is 0 Å². The third-order valence-corrected chi connectivity index (χ3v) is 5.42. The maximum absolute atomic E-state index is 5.59. The lowest BCUT2D eigenvalue weighted by molar-refractivity contribution is 0.357. The smallest absolute Gasteiger partial charge is 0.191 e. The van der Waals surface area contributed by atoms with E-state index in [4.69, 9.17) is 9.73 Å². The summed E-state index contributed by atoms with van der Waals surface area (Å²) in [4.78, 5) is 7.25. The van der Waals surface area contributed by atoms with E-state index >= 15 is 0 Å². The van der Waals surface area contributed by atoms with Crippen molar-refractivity contribution in [3.8, 4) is 5.75 Å². The Morgan fingerprint density at radius 2 is 2.11 bits per heavy atom. The van der Waals surface area contributed by atoms with Gasteiger partial charge in [0.05, 0.1) is 6.61 Å². The van der Waals surface area contributed by atoms with E-state index in [9.17, 15) is 0 Å². The number of fused-ring (bicyclic) bond motifs is 1. The highest BCUT2D eigenvalue weighted by molar-refractivity contribution is 5.80. The van der Waals surface area contributed by atoms with Crippen molar-refractivity contribution in [3.05, 3.63) is 59.7 Å². The van der Waals surface area contributed by atoms with E-state index in [1.54, 1.807) is 0 Å². The topological polar surface area (TPSA) is 48.9 Å². The number of nitrogens with one attached hydrogen (secondary N) is 2. The number of hydrogen-bond donors (Lipinski definition) is 2. The van der Waals surface area contributed by atoms with Crippen LogP contribution in [0.4, 0.5) is 5.69 Å². The summed E-state index contributed by atoms with van der Waals surface area (Å²) in [6, 6.07) is 17.6. The van der Waals surface area contributed by atoms with Gasteiger partial charge in [-0.15, -0.1) is 0 Å². The first kappa shape index (κ1) is 18.7. The molecule has 2 aliphatic rings. The van der Waals surface area contributed by atoms with Crippen molar-refractivity contribution < 1.29 is 4.74 Å². The maximum Gasteiger partial charge on any atom is 0.191 e. The minimum atomic E-state index is 0.426. The van der Waals surface area contributed by atoms with Gasteiger partial charge in [0.15, 0.2) is 5.96 Å². The Kier molecular flexibility index (Phi) is 6.00. The number of nitrogens with zero attached hydrogens (tertiary/aromatic N) is 2. The van der Waals surface area contributed by atoms with Crippen LogP contribution < -0.4 is 20.3 Å². The zero-order chi connectivity index (χ0) is 19.2. The van der Waals surface area contributed by atoms with Gasteiger partial charge in [-0.25, -0.2) is 0 Å². The molecule has 0 amide bonds. The first-order chi connectivity index (χ1) is 13.8. The Labute approximate surface area is 167 Å². The molecule has 0 aliphatic carbocycles. The molecule has 2 aromatic rings. The first-order valence-corrected chi connectivity index (χ1v) is 10.4. The standard InChI is InChI=1S/C23H30N4O/c1-2-24-23(25-13-10-18-8-9-22-19(16-18)12-15-28-22)26-20-11-14-27(17-20)21-6-4-3-5-7-21/h3-9,16,20H,2,10-15,17H2,1H3,(H2,24,25,26). The van der Waals surface area contributed by atoms with Gasteiger partial charge >= 0.3 is 0 Å². The molecule has 5 nitrogen and oxygen atoms in total. The molecule has 1 unspecified atom stereocenters. The van der Waals surface area contributed by atoms with Gasteiger partial charge in [-0.2, -0.15) is 0 Å². The minimum Gasteiger partial charge on any atom is -0.493 e. The van der Waals surface area contributed by atoms with Crippen molar-refractivity contribution in [3.63, 3.8) is 0 Å². The molecule has 5 heteroatoms. The van der Waals surface area contributed by atoms with Gasteiger partial charge in [-0.1, -0.05) is 30.3 Å². The van der Waals surface area contributed by atoms with E-state index in [1.807, 2.05) is 0 Å². The van der Waals surface area contributed by atoms with Gasteiger partial charge in [-0.3, -0.25) is 4.99 Å². The van der Waals surface area contributed by atoms with Crippen LogP contribution in [-0.2, 0) is 12.8 Å². The fraction of sp³-hybridized carbons (Fsp3) is 0.435. The molecule has 0 spiro atoms. The number of para-hydroxylation sites is 1. The highest BCUT2D eigenvalue weighted by atomic mass is 16.5. The molecule has 0 saturated carbocycles. The Morgan fingerprint density at radius 1 is 1.21 bits per heavy atom. The van der Waals surface area contributed by atoms with Crippen molar-refractivity contribution in [2.75, 3.05) is 37.7 Å². The molecule has 28 heavy (non-hydrogen) atoms. The molecule has 148 valence electrons. The molecule has 0 bridgehead atoms. The third kappa shape index (κ3) is 4.58. The number of hydrogen-bond acceptors (Lipinski definition) is 3. The lowest BCUT2D eigenvalue weighted by Crippen LogP contribution is -2.44. The van der Waals surface area contributed by atoms with E-state index in [0.717, 1.165) is 63.8 Å². The summed E-state index contributed by atoms with van der Waals surface area (Å²) in [6.07, 6.45) is 3.10. The second-order valence-corrected chi connectivity index (χ2v) is 7.46. The molecular formula is C23H30N4O. The van der Waals surface area contributed by atoms with Crippen LogP contribution in [0.25, 0.3) is 0 Å². The molecule has 1 atom stereocenters. The monoisotopic (exact) mass is 378 g/mol. The van der Waals surface area contributed by atoms with Crippen LogP contribution in [0.1, 0.15) is 24.5 Å². The van der Waals surface area contributed by atoms with Crippen LogP contribution in [0.5, 0.6) is 5.75 Å². The molecule has 2 aliphatic heterocycles. The number of aliphatic imine (C=N–C) groups is 1. The van der Waals surface area contributed by atoms with Crippen molar-refractivity contribution in [2.45, 2.75) is 32.2 Å². The SMILES string of the molecule is CCNC(=NCCc1ccc2c(c1)CCO2)NC1CCN(c2ccccc2)C1. The molecule has 2 aromatic carbocycles. The summed E-state index contributed by atoms with van der Waals surface area (Å²) in [6.45, 7) is 6.67. The highest BCUT2D eigenvalue weighted by Crippen LogP contribution is 2.26. The second kappa shape index (κ2) is 9.00. The molecule has 1 saturated heterocycles. The van der Waals surface area contributed by atoms with Gasteiger partial charge in [-0.05, 0) is 49.1 Å². The predicted octanol–water partition coefficient (Wildman–Crippen LogP) is 3.00. The van der Waals surface area contributed by atoms with Gasteiger partial charge in [0, 0.05) is 44.3 Å². The molecule has 0 aromatic heterocycles. The summed E-state index contributed by atoms with van der Waals surface area (Å²) in [7, 11) is 0. The predicted molar refractivity (Wildman–Crippen MR) is 116 cm³/mol. The highest BCUT2D eigenvalue weighted by Gasteiger charge is 2.23. The average molecular weight is 379 g/mol. The normalized spacial score (nSPS) is 18.7. The number of rotatable bonds is 6. The van der Waals surface area contributed by atoms with Crippen LogP contribution in [0.15, 0.2) is 53.5 Å². The van der Waals surface area contributed by atoms with Gasteiger partial charge < -0.3 is 20.3 Å². The molecule has 2 heterocycles. The first-order valence-electron chi connectivity index (χ1n) is 10.4. The summed E-state index contributed by atoms with van der Waals surface area (Å²) in [5.74, 6) is 1.97. The quantitative estimate of drug-likeness (QED) is 0.599. The Bertz CT molecular complexity index is 806. The number of ether oxygens (including phenoxy) is 1. The summed E-state index contributed by atoms with van der Waals surface area (Å²) >= 11 is 0. The number of anilines is 1. The van der Waals surface area contributed by atoms with E-state index < -0.39 is 0 Å². The molecule has 1 fully saturated rings. The molecule has 2 N–H and O–H groups in total. The van der Waals surface area contributed by atoms with E-state index in [-0.39, 0.29) is 0 Å². The minimum absolute atomic E-state index is 0.426. The van der Waals surface area contributed by atoms with Crippen LogP contribution in [0.3, 0.4) is 0 Å². The fourth-order valence-corrected chi connectivity index (χ4v) is 3.96. The third-order valence-electron chi connectivity index (χ3n) is 5.42. The zero-order valence-electron chi connectivity index (χ0n) is 16.7. The Hall–Kier alpha value is -2.69. The fourth-order valence-electron chi connectivity index (χ4n) is 3.96. The largest absolute Gasteiger partial charge is 0.493 e. The average Bonchev–Trinajstić information content (AvgIpc) is 3.38. The summed E-state index contributed by atoms with van der Waals surface area (Å²) < 4.78 is 5.59. The molecule has 0 radical (unpaired) electrons. The van der Waals surface area contributed by atoms with Crippen LogP contribution >= 0.6 is 0 Å². The number of guanidine groups is 1. The summed E-state index contributed by atoms with van der Waals surface area (Å²) in [5, 5.41) is 7.01. The van der Waals surface area contributed by atoms with Crippen molar-refractivity contribution in [1.82, 2.24) is 10.6 Å². The van der Waals surface area contributed by atoms with Crippen molar-refractivity contribution in [1.29, 1.82) is 0 Å². The van der Waals surface area contributed by atoms with E-state index in [0.29, 0.717) is 6.04 Å².